The molecule has 0 saturated heterocycles. The maximum Gasteiger partial charge on any atom is 0.435 e. The summed E-state index contributed by atoms with van der Waals surface area (Å²) in [6, 6.07) is 25.3. The van der Waals surface area contributed by atoms with E-state index in [4.69, 9.17) is 15.2 Å². The van der Waals surface area contributed by atoms with Crippen LogP contribution < -0.4 is 15.4 Å². The molecule has 1 heterocycles. The van der Waals surface area contributed by atoms with Crippen LogP contribution in [-0.2, 0) is 11.3 Å². The van der Waals surface area contributed by atoms with Gasteiger partial charge in [0, 0.05) is 28.3 Å². The molecule has 0 atom stereocenters. The number of aryl methyl sites for hydroxylation is 2. The number of carbonyl (C=O) groups excluding carboxylic acids is 2. The van der Waals surface area contributed by atoms with Gasteiger partial charge in [0.15, 0.2) is 0 Å². The van der Waals surface area contributed by atoms with Gasteiger partial charge in [-0.1, -0.05) is 30.3 Å². The molecule has 0 fully saturated rings. The van der Waals surface area contributed by atoms with Crippen LogP contribution in [0.1, 0.15) is 32.9 Å². The number of nitrogens with one attached hydrogen (secondary N) is 1. The van der Waals surface area contributed by atoms with Crippen LogP contribution in [0.2, 0.25) is 0 Å². The molecule has 8 nitrogen and oxygen atoms in total. The Kier molecular flexibility index (Phi) is 7.68. The second-order valence-corrected chi connectivity index (χ2v) is 8.41. The highest BCUT2D eigenvalue weighted by Crippen LogP contribution is 2.30. The Labute approximate surface area is 215 Å². The van der Waals surface area contributed by atoms with E-state index in [0.717, 1.165) is 17.0 Å². The molecule has 37 heavy (non-hydrogen) atoms. The SMILES string of the molecule is COc1ccc(N(C(=O)c2cc(C)[nH]c2C)c2ccc(C(N)=NC(=O)OCc3ccccc3)cc2)cc1. The van der Waals surface area contributed by atoms with Gasteiger partial charge in [-0.05, 0) is 74.0 Å². The van der Waals surface area contributed by atoms with Gasteiger partial charge in [0.25, 0.3) is 5.91 Å². The predicted octanol–water partition coefficient (Wildman–Crippen LogP) is 5.66. The van der Waals surface area contributed by atoms with Crippen molar-refractivity contribution in [2.45, 2.75) is 20.5 Å². The van der Waals surface area contributed by atoms with Crippen molar-refractivity contribution in [2.24, 2.45) is 10.7 Å². The van der Waals surface area contributed by atoms with Crippen LogP contribution in [0.3, 0.4) is 0 Å². The van der Waals surface area contributed by atoms with E-state index in [1.807, 2.05) is 62.4 Å². The minimum absolute atomic E-state index is 0.0176. The van der Waals surface area contributed by atoms with Crippen LogP contribution in [0.25, 0.3) is 0 Å². The lowest BCUT2D eigenvalue weighted by Gasteiger charge is -2.23. The van der Waals surface area contributed by atoms with Crippen molar-refractivity contribution in [1.82, 2.24) is 4.98 Å². The number of H-pyrrole nitrogens is 1. The van der Waals surface area contributed by atoms with E-state index in [0.29, 0.717) is 28.3 Å². The quantitative estimate of drug-likeness (QED) is 0.253. The monoisotopic (exact) mass is 496 g/mol. The van der Waals surface area contributed by atoms with Crippen molar-refractivity contribution in [2.75, 3.05) is 12.0 Å². The highest BCUT2D eigenvalue weighted by atomic mass is 16.5. The molecule has 4 aromatic rings. The summed E-state index contributed by atoms with van der Waals surface area (Å²) in [7, 11) is 1.59. The standard InChI is InChI=1S/C29H28N4O4/c1-19-17-26(20(2)31-19)28(34)33(24-13-15-25(36-3)16-14-24)23-11-9-22(10-12-23)27(30)32-29(35)37-18-21-7-5-4-6-8-21/h4-17,31H,18H2,1-3H3,(H2,30,32,35). The Bertz CT molecular complexity index is 1410. The molecule has 3 aromatic carbocycles. The van der Waals surface area contributed by atoms with Crippen LogP contribution >= 0.6 is 0 Å². The smallest absolute Gasteiger partial charge is 0.435 e. The van der Waals surface area contributed by atoms with E-state index in [2.05, 4.69) is 9.98 Å². The molecule has 4 rings (SSSR count). The summed E-state index contributed by atoms with van der Waals surface area (Å²) in [6.07, 6.45) is -0.779. The summed E-state index contributed by atoms with van der Waals surface area (Å²) in [6.45, 7) is 3.87. The number of amides is 2. The fourth-order valence-electron chi connectivity index (χ4n) is 3.88. The summed E-state index contributed by atoms with van der Waals surface area (Å²) in [5, 5.41) is 0. The van der Waals surface area contributed by atoms with Gasteiger partial charge in [0.1, 0.15) is 18.2 Å². The summed E-state index contributed by atoms with van der Waals surface area (Å²) in [4.78, 5) is 34.4. The van der Waals surface area contributed by atoms with Gasteiger partial charge in [0.05, 0.1) is 12.7 Å². The molecule has 0 aliphatic heterocycles. The number of aromatic amines is 1. The first-order valence-electron chi connectivity index (χ1n) is 11.7. The van der Waals surface area contributed by atoms with E-state index in [1.165, 1.54) is 0 Å². The number of nitrogens with two attached hydrogens (primary N) is 1. The fraction of sp³-hybridized carbons (Fsp3) is 0.138. The number of hydrogen-bond acceptors (Lipinski definition) is 4. The molecule has 0 radical (unpaired) electrons. The van der Waals surface area contributed by atoms with Crippen LogP contribution in [0.5, 0.6) is 5.75 Å². The number of rotatable bonds is 7. The van der Waals surface area contributed by atoms with Crippen molar-refractivity contribution in [3.8, 4) is 5.75 Å². The average molecular weight is 497 g/mol. The van der Waals surface area contributed by atoms with Crippen LogP contribution in [0, 0.1) is 13.8 Å². The fourth-order valence-corrected chi connectivity index (χ4v) is 3.88. The summed E-state index contributed by atoms with van der Waals surface area (Å²) in [5.74, 6) is 0.512. The topological polar surface area (TPSA) is 110 Å². The maximum absolute atomic E-state index is 13.7. The summed E-state index contributed by atoms with van der Waals surface area (Å²) < 4.78 is 10.4. The number of amidine groups is 1. The highest BCUT2D eigenvalue weighted by molar-refractivity contribution is 6.12. The first-order valence-corrected chi connectivity index (χ1v) is 11.7. The number of aliphatic imine (C=N–C) groups is 1. The van der Waals surface area contributed by atoms with Gasteiger partial charge >= 0.3 is 6.09 Å². The zero-order valence-corrected chi connectivity index (χ0v) is 20.9. The van der Waals surface area contributed by atoms with Crippen molar-refractivity contribution in [3.63, 3.8) is 0 Å². The Balaban J connectivity index is 1.58. The third-order valence-corrected chi connectivity index (χ3v) is 5.75. The first-order chi connectivity index (χ1) is 17.9. The molecule has 0 unspecified atom stereocenters. The minimum atomic E-state index is -0.779. The highest BCUT2D eigenvalue weighted by Gasteiger charge is 2.23. The third-order valence-electron chi connectivity index (χ3n) is 5.75. The molecular formula is C29H28N4O4. The molecule has 188 valence electrons. The van der Waals surface area contributed by atoms with E-state index in [-0.39, 0.29) is 18.3 Å². The van der Waals surface area contributed by atoms with E-state index in [9.17, 15) is 9.59 Å². The lowest BCUT2D eigenvalue weighted by Crippen LogP contribution is -2.26. The normalized spacial score (nSPS) is 11.2. The summed E-state index contributed by atoms with van der Waals surface area (Å²) >= 11 is 0. The van der Waals surface area contributed by atoms with Gasteiger partial charge in [-0.2, -0.15) is 4.99 Å². The predicted molar refractivity (Wildman–Crippen MR) is 144 cm³/mol. The molecule has 0 saturated carbocycles. The molecular weight excluding hydrogens is 468 g/mol. The lowest BCUT2D eigenvalue weighted by molar-refractivity contribution is 0.0998. The maximum atomic E-state index is 13.7. The Morgan fingerprint density at radius 1 is 0.919 bits per heavy atom. The zero-order valence-electron chi connectivity index (χ0n) is 20.9. The van der Waals surface area contributed by atoms with Crippen molar-refractivity contribution >= 4 is 29.2 Å². The zero-order chi connectivity index (χ0) is 26.4. The largest absolute Gasteiger partial charge is 0.497 e. The number of aromatic nitrogens is 1. The number of hydrogen-bond donors (Lipinski definition) is 2. The number of anilines is 2. The Hall–Kier alpha value is -4.85. The molecule has 0 aliphatic rings. The van der Waals surface area contributed by atoms with Gasteiger partial charge in [0.2, 0.25) is 0 Å². The van der Waals surface area contributed by atoms with Crippen molar-refractivity contribution in [3.05, 3.63) is 113 Å². The second kappa shape index (κ2) is 11.3. The molecule has 1 aromatic heterocycles. The lowest BCUT2D eigenvalue weighted by atomic mass is 10.1. The van der Waals surface area contributed by atoms with Crippen molar-refractivity contribution in [1.29, 1.82) is 0 Å². The number of methoxy groups -OCH3 is 1. The van der Waals surface area contributed by atoms with E-state index < -0.39 is 6.09 Å². The number of benzene rings is 3. The number of carbonyl (C=O) groups is 2. The van der Waals surface area contributed by atoms with Crippen LogP contribution in [0.15, 0.2) is 89.9 Å². The molecule has 0 bridgehead atoms. The molecule has 8 heteroatoms. The molecule has 0 aliphatic carbocycles. The number of ether oxygens (including phenoxy) is 2. The van der Waals surface area contributed by atoms with E-state index >= 15 is 0 Å². The summed E-state index contributed by atoms with van der Waals surface area (Å²) in [5.41, 5.74) is 11.0. The van der Waals surface area contributed by atoms with E-state index in [1.54, 1.807) is 48.4 Å². The molecule has 2 amide bonds. The van der Waals surface area contributed by atoms with Gasteiger partial charge in [-0.25, -0.2) is 4.79 Å². The number of nitrogens with zero attached hydrogens (tertiary/aromatic N) is 2. The van der Waals surface area contributed by atoms with Crippen molar-refractivity contribution < 1.29 is 19.1 Å². The molecule has 0 spiro atoms. The second-order valence-electron chi connectivity index (χ2n) is 8.41. The Morgan fingerprint density at radius 3 is 2.11 bits per heavy atom. The van der Waals surface area contributed by atoms with Gasteiger partial charge < -0.3 is 20.2 Å². The minimum Gasteiger partial charge on any atom is -0.497 e. The van der Waals surface area contributed by atoms with Crippen LogP contribution in [-0.4, -0.2) is 29.9 Å². The van der Waals surface area contributed by atoms with Gasteiger partial charge in [-0.3, -0.25) is 9.69 Å². The van der Waals surface area contributed by atoms with Gasteiger partial charge in [-0.15, -0.1) is 0 Å². The third kappa shape index (κ3) is 6.05. The first kappa shape index (κ1) is 25.2. The Morgan fingerprint density at radius 2 is 1.54 bits per heavy atom. The van der Waals surface area contributed by atoms with Crippen LogP contribution in [0.4, 0.5) is 16.2 Å². The average Bonchev–Trinajstić information content (AvgIpc) is 3.26. The molecule has 3 N–H and O–H groups in total.